The van der Waals surface area contributed by atoms with Gasteiger partial charge in [-0.25, -0.2) is 4.79 Å². The molecule has 0 aromatic rings. The smallest absolute Gasteiger partial charge is 0.277 e. The van der Waals surface area contributed by atoms with Gasteiger partial charge in [0.15, 0.2) is 0 Å². The number of nitrogens with one attached hydrogen (secondary N) is 1. The predicted molar refractivity (Wildman–Crippen MR) is 65.5 cm³/mol. The number of amides is 4. The van der Waals surface area contributed by atoms with Crippen LogP contribution in [-0.4, -0.2) is 29.3 Å². The van der Waals surface area contributed by atoms with Crippen molar-refractivity contribution in [2.75, 3.05) is 6.54 Å². The van der Waals surface area contributed by atoms with Gasteiger partial charge in [-0.15, -0.1) is 0 Å². The summed E-state index contributed by atoms with van der Waals surface area (Å²) in [6, 6.07) is -0.584. The van der Waals surface area contributed by atoms with Gasteiger partial charge in [0.1, 0.15) is 5.41 Å². The maximum Gasteiger partial charge on any atom is 0.330 e. The zero-order chi connectivity index (χ0) is 13.3. The number of carbonyl (C=O) groups excluding carboxylic acids is 3. The van der Waals surface area contributed by atoms with E-state index in [1.165, 1.54) is 4.90 Å². The standard InChI is InChI=1S/C13H18N2O3/c1-13(2)10(16)14-12(18)15(11(13)17)8-9-6-4-3-5-7-9/h3-4,9H,5-8H2,1-2H3,(H,14,16,18). The van der Waals surface area contributed by atoms with Crippen LogP contribution in [0.5, 0.6) is 0 Å². The number of allylic oxidation sites excluding steroid dienone is 2. The van der Waals surface area contributed by atoms with Gasteiger partial charge in [-0.05, 0) is 39.0 Å². The molecule has 1 saturated heterocycles. The average molecular weight is 250 g/mol. The van der Waals surface area contributed by atoms with E-state index >= 15 is 0 Å². The molecule has 1 unspecified atom stereocenters. The molecule has 0 bridgehead atoms. The lowest BCUT2D eigenvalue weighted by Crippen LogP contribution is -2.62. The lowest BCUT2D eigenvalue weighted by molar-refractivity contribution is -0.149. The minimum atomic E-state index is -1.15. The van der Waals surface area contributed by atoms with Crippen LogP contribution in [0, 0.1) is 11.3 Å². The van der Waals surface area contributed by atoms with Gasteiger partial charge in [-0.2, -0.15) is 0 Å². The third-order valence-corrected chi connectivity index (χ3v) is 3.63. The van der Waals surface area contributed by atoms with Crippen LogP contribution < -0.4 is 5.32 Å². The molecule has 98 valence electrons. The van der Waals surface area contributed by atoms with Crippen molar-refractivity contribution in [2.45, 2.75) is 33.1 Å². The van der Waals surface area contributed by atoms with Crippen LogP contribution >= 0.6 is 0 Å². The molecule has 0 aromatic heterocycles. The second kappa shape index (κ2) is 4.55. The van der Waals surface area contributed by atoms with Crippen molar-refractivity contribution in [3.8, 4) is 0 Å². The Balaban J connectivity index is 2.11. The van der Waals surface area contributed by atoms with Crippen molar-refractivity contribution in [2.24, 2.45) is 11.3 Å². The number of hydrogen-bond acceptors (Lipinski definition) is 3. The summed E-state index contributed by atoms with van der Waals surface area (Å²) in [6.45, 7) is 3.49. The van der Waals surface area contributed by atoms with Crippen molar-refractivity contribution < 1.29 is 14.4 Å². The summed E-state index contributed by atoms with van der Waals surface area (Å²) < 4.78 is 0. The van der Waals surface area contributed by atoms with Gasteiger partial charge in [0.05, 0.1) is 0 Å². The van der Waals surface area contributed by atoms with Gasteiger partial charge < -0.3 is 0 Å². The molecule has 1 aliphatic heterocycles. The second-order valence-corrected chi connectivity index (χ2v) is 5.45. The van der Waals surface area contributed by atoms with E-state index in [0.717, 1.165) is 19.3 Å². The van der Waals surface area contributed by atoms with Gasteiger partial charge in [-0.1, -0.05) is 12.2 Å². The number of urea groups is 1. The average Bonchev–Trinajstić information content (AvgIpc) is 2.34. The number of barbiturate groups is 1. The van der Waals surface area contributed by atoms with E-state index in [-0.39, 0.29) is 0 Å². The molecule has 4 amide bonds. The van der Waals surface area contributed by atoms with Crippen molar-refractivity contribution in [3.63, 3.8) is 0 Å². The van der Waals surface area contributed by atoms with Crippen molar-refractivity contribution in [3.05, 3.63) is 12.2 Å². The topological polar surface area (TPSA) is 66.5 Å². The molecule has 0 aromatic carbocycles. The predicted octanol–water partition coefficient (Wildman–Crippen LogP) is 1.45. The molecule has 1 atom stereocenters. The third kappa shape index (κ3) is 2.17. The lowest BCUT2D eigenvalue weighted by Gasteiger charge is -2.36. The lowest BCUT2D eigenvalue weighted by atomic mass is 9.87. The normalized spacial score (nSPS) is 27.3. The van der Waals surface area contributed by atoms with Gasteiger partial charge in [0.25, 0.3) is 0 Å². The number of hydrogen-bond donors (Lipinski definition) is 1. The number of rotatable bonds is 2. The summed E-state index contributed by atoms with van der Waals surface area (Å²) in [5, 5.41) is 2.25. The van der Waals surface area contributed by atoms with Gasteiger partial charge in [0.2, 0.25) is 11.8 Å². The summed E-state index contributed by atoms with van der Waals surface area (Å²) in [7, 11) is 0. The van der Waals surface area contributed by atoms with Crippen LogP contribution in [0.25, 0.3) is 0 Å². The van der Waals surface area contributed by atoms with E-state index in [2.05, 4.69) is 17.5 Å². The fourth-order valence-corrected chi connectivity index (χ4v) is 2.29. The van der Waals surface area contributed by atoms with Crippen LogP contribution in [0.1, 0.15) is 33.1 Å². The molecule has 1 aliphatic carbocycles. The molecule has 1 N–H and O–H groups in total. The van der Waals surface area contributed by atoms with Crippen LogP contribution in [-0.2, 0) is 9.59 Å². The molecule has 1 heterocycles. The van der Waals surface area contributed by atoms with Crippen LogP contribution in [0.3, 0.4) is 0 Å². The van der Waals surface area contributed by atoms with Crippen LogP contribution in [0.4, 0.5) is 4.79 Å². The van der Waals surface area contributed by atoms with Gasteiger partial charge in [-0.3, -0.25) is 19.8 Å². The third-order valence-electron chi connectivity index (χ3n) is 3.63. The molecule has 18 heavy (non-hydrogen) atoms. The maximum absolute atomic E-state index is 12.2. The molecule has 5 nitrogen and oxygen atoms in total. The second-order valence-electron chi connectivity index (χ2n) is 5.45. The SMILES string of the molecule is CC1(C)C(=O)NC(=O)N(CC2CC=CCC2)C1=O. The largest absolute Gasteiger partial charge is 0.330 e. The molecule has 1 fully saturated rings. The van der Waals surface area contributed by atoms with E-state index in [1.807, 2.05) is 0 Å². The van der Waals surface area contributed by atoms with E-state index in [1.54, 1.807) is 13.8 Å². The minimum Gasteiger partial charge on any atom is -0.277 e. The summed E-state index contributed by atoms with van der Waals surface area (Å²) in [5.74, 6) is -0.614. The quantitative estimate of drug-likeness (QED) is 0.596. The molecule has 0 radical (unpaired) electrons. The first-order valence-corrected chi connectivity index (χ1v) is 6.25. The highest BCUT2D eigenvalue weighted by Crippen LogP contribution is 2.26. The Morgan fingerprint density at radius 2 is 2.06 bits per heavy atom. The molecule has 2 aliphatic rings. The Morgan fingerprint density at radius 3 is 2.67 bits per heavy atom. The number of imide groups is 2. The molecule has 0 saturated carbocycles. The highest BCUT2D eigenvalue weighted by molar-refractivity contribution is 6.18. The zero-order valence-electron chi connectivity index (χ0n) is 10.7. The molecule has 5 heteroatoms. The highest BCUT2D eigenvalue weighted by Gasteiger charge is 2.47. The van der Waals surface area contributed by atoms with E-state index in [9.17, 15) is 14.4 Å². The Bertz CT molecular complexity index is 426. The summed E-state index contributed by atoms with van der Waals surface area (Å²) in [6.07, 6.45) is 7.03. The van der Waals surface area contributed by atoms with Crippen LogP contribution in [0.15, 0.2) is 12.2 Å². The minimum absolute atomic E-state index is 0.300. The fourth-order valence-electron chi connectivity index (χ4n) is 2.29. The van der Waals surface area contributed by atoms with E-state index < -0.39 is 23.3 Å². The summed E-state index contributed by atoms with van der Waals surface area (Å²) in [4.78, 5) is 36.7. The first-order chi connectivity index (χ1) is 8.43. The first kappa shape index (κ1) is 12.8. The zero-order valence-corrected chi connectivity index (χ0v) is 10.7. The fraction of sp³-hybridized carbons (Fsp3) is 0.615. The van der Waals surface area contributed by atoms with Gasteiger partial charge in [0, 0.05) is 6.54 Å². The first-order valence-electron chi connectivity index (χ1n) is 6.25. The molecular weight excluding hydrogens is 232 g/mol. The Hall–Kier alpha value is -1.65. The van der Waals surface area contributed by atoms with Gasteiger partial charge >= 0.3 is 6.03 Å². The monoisotopic (exact) mass is 250 g/mol. The Kier molecular flexibility index (Phi) is 3.24. The van der Waals surface area contributed by atoms with Crippen molar-refractivity contribution in [1.82, 2.24) is 10.2 Å². The number of nitrogens with zero attached hydrogens (tertiary/aromatic N) is 1. The van der Waals surface area contributed by atoms with E-state index in [4.69, 9.17) is 0 Å². The molecule has 0 spiro atoms. The molecule has 2 rings (SSSR count). The van der Waals surface area contributed by atoms with Crippen LogP contribution in [0.2, 0.25) is 0 Å². The Morgan fingerprint density at radius 1 is 1.33 bits per heavy atom. The van der Waals surface area contributed by atoms with E-state index in [0.29, 0.717) is 12.5 Å². The van der Waals surface area contributed by atoms with Crippen molar-refractivity contribution in [1.29, 1.82) is 0 Å². The van der Waals surface area contributed by atoms with Crippen molar-refractivity contribution >= 4 is 17.8 Å². The molecular formula is C13H18N2O3. The number of carbonyl (C=O) groups is 3. The summed E-state index contributed by atoms with van der Waals surface area (Å²) >= 11 is 0. The Labute approximate surface area is 106 Å². The maximum atomic E-state index is 12.2. The summed E-state index contributed by atoms with van der Waals surface area (Å²) in [5.41, 5.74) is -1.15. The highest BCUT2D eigenvalue weighted by atomic mass is 16.2.